The molecule has 0 spiro atoms. The molecule has 37 heavy (non-hydrogen) atoms. The van der Waals surface area contributed by atoms with Gasteiger partial charge in [-0.1, -0.05) is 48.3 Å². The van der Waals surface area contributed by atoms with E-state index in [1.54, 1.807) is 43.3 Å². The first-order valence-corrected chi connectivity index (χ1v) is 12.0. The first kappa shape index (κ1) is 26.4. The number of amides is 1. The maximum atomic E-state index is 14.1. The van der Waals surface area contributed by atoms with Gasteiger partial charge in [0.15, 0.2) is 11.5 Å². The van der Waals surface area contributed by atoms with E-state index in [1.165, 1.54) is 38.3 Å². The van der Waals surface area contributed by atoms with E-state index >= 15 is 0 Å². The van der Waals surface area contributed by atoms with Crippen LogP contribution in [0, 0.1) is 6.92 Å². The minimum atomic E-state index is -3.03. The molecule has 3 aromatic carbocycles. The second-order valence-electron chi connectivity index (χ2n) is 8.29. The molecule has 4 aromatic rings. The summed E-state index contributed by atoms with van der Waals surface area (Å²) in [5.74, 6) is -3.16. The van der Waals surface area contributed by atoms with Crippen LogP contribution in [0.2, 0.25) is 10.0 Å². The summed E-state index contributed by atoms with van der Waals surface area (Å²) in [6.07, 6.45) is -0.375. The quantitative estimate of drug-likeness (QED) is 0.232. The summed E-state index contributed by atoms with van der Waals surface area (Å²) in [5, 5.41) is 14.3. The summed E-state index contributed by atoms with van der Waals surface area (Å²) in [7, 11) is 1.51. The molecule has 10 heteroatoms. The average Bonchev–Trinajstić information content (AvgIpc) is 3.17. The van der Waals surface area contributed by atoms with Crippen LogP contribution in [-0.2, 0) is 5.92 Å². The molecule has 0 atom stereocenters. The molecule has 0 aliphatic rings. The Hall–Kier alpha value is -3.62. The number of nitrogens with zero attached hydrogens (tertiary/aromatic N) is 2. The van der Waals surface area contributed by atoms with Crippen LogP contribution in [0.1, 0.15) is 35.1 Å². The molecule has 2 N–H and O–H groups in total. The molecule has 0 unspecified atom stereocenters. The Morgan fingerprint density at radius 3 is 2.43 bits per heavy atom. The molecule has 0 saturated heterocycles. The van der Waals surface area contributed by atoms with Crippen LogP contribution in [0.4, 0.5) is 14.5 Å². The van der Waals surface area contributed by atoms with Gasteiger partial charge in [-0.25, -0.2) is 13.8 Å². The van der Waals surface area contributed by atoms with Crippen molar-refractivity contribution in [3.63, 3.8) is 0 Å². The number of alkyl halides is 2. The second kappa shape index (κ2) is 10.4. The third-order valence-electron chi connectivity index (χ3n) is 5.92. The molecule has 0 aliphatic carbocycles. The van der Waals surface area contributed by atoms with Crippen molar-refractivity contribution in [2.75, 3.05) is 12.4 Å². The lowest BCUT2D eigenvalue weighted by Gasteiger charge is -2.15. The first-order chi connectivity index (χ1) is 17.6. The lowest BCUT2D eigenvalue weighted by atomic mass is 10.0. The predicted molar refractivity (Wildman–Crippen MR) is 140 cm³/mol. The van der Waals surface area contributed by atoms with Crippen LogP contribution >= 0.6 is 23.2 Å². The van der Waals surface area contributed by atoms with Crippen LogP contribution < -0.4 is 10.1 Å². The van der Waals surface area contributed by atoms with Gasteiger partial charge in [0.05, 0.1) is 22.8 Å². The van der Waals surface area contributed by atoms with E-state index in [0.717, 1.165) is 0 Å². The number of carbonyl (C=O) groups is 1. The number of methoxy groups -OCH3 is 1. The molecule has 0 fully saturated rings. The molecule has 0 bridgehead atoms. The summed E-state index contributed by atoms with van der Waals surface area (Å²) in [6.45, 7) is 2.94. The van der Waals surface area contributed by atoms with E-state index in [9.17, 15) is 18.8 Å². The van der Waals surface area contributed by atoms with Gasteiger partial charge in [-0.15, -0.1) is 0 Å². The molecular formula is C27H23Cl2F2N3O3. The summed E-state index contributed by atoms with van der Waals surface area (Å²) in [5.41, 5.74) is 1.61. The number of halogens is 4. The predicted octanol–water partition coefficient (Wildman–Crippen LogP) is 7.83. The Balaban J connectivity index is 1.72. The van der Waals surface area contributed by atoms with Gasteiger partial charge in [0.2, 0.25) is 0 Å². The van der Waals surface area contributed by atoms with Gasteiger partial charge >= 0.3 is 0 Å². The van der Waals surface area contributed by atoms with Crippen LogP contribution in [-0.4, -0.2) is 27.9 Å². The normalized spacial score (nSPS) is 11.4. The van der Waals surface area contributed by atoms with Gasteiger partial charge in [-0.3, -0.25) is 4.79 Å². The SMILES string of the molecule is CCC(F)(F)c1cccc(NC(=O)c2c(C)nc(-c3ccc(OC)c(-c4c(Cl)cccc4Cl)c3)n2O)c1. The van der Waals surface area contributed by atoms with E-state index < -0.39 is 11.8 Å². The lowest BCUT2D eigenvalue weighted by molar-refractivity contribution is -0.00824. The van der Waals surface area contributed by atoms with E-state index in [2.05, 4.69) is 10.3 Å². The number of hydrogen-bond acceptors (Lipinski definition) is 4. The van der Waals surface area contributed by atoms with Crippen molar-refractivity contribution in [3.8, 4) is 28.3 Å². The van der Waals surface area contributed by atoms with Crippen molar-refractivity contribution in [2.24, 2.45) is 0 Å². The molecule has 1 aromatic heterocycles. The molecule has 1 amide bonds. The van der Waals surface area contributed by atoms with Gasteiger partial charge < -0.3 is 15.3 Å². The maximum absolute atomic E-state index is 14.1. The highest BCUT2D eigenvalue weighted by molar-refractivity contribution is 6.39. The lowest BCUT2D eigenvalue weighted by Crippen LogP contribution is -2.18. The zero-order chi connectivity index (χ0) is 26.9. The Morgan fingerprint density at radius 1 is 1.11 bits per heavy atom. The zero-order valence-corrected chi connectivity index (χ0v) is 21.7. The van der Waals surface area contributed by atoms with E-state index in [1.807, 2.05) is 0 Å². The Morgan fingerprint density at radius 2 is 1.78 bits per heavy atom. The highest BCUT2D eigenvalue weighted by Crippen LogP contribution is 2.41. The summed E-state index contributed by atoms with van der Waals surface area (Å²) >= 11 is 12.8. The first-order valence-electron chi connectivity index (χ1n) is 11.3. The highest BCUT2D eigenvalue weighted by atomic mass is 35.5. The summed E-state index contributed by atoms with van der Waals surface area (Å²) in [6, 6.07) is 15.6. The molecule has 0 saturated carbocycles. The third-order valence-corrected chi connectivity index (χ3v) is 6.55. The van der Waals surface area contributed by atoms with E-state index in [0.29, 0.717) is 37.2 Å². The monoisotopic (exact) mass is 545 g/mol. The van der Waals surface area contributed by atoms with E-state index in [-0.39, 0.29) is 34.9 Å². The third kappa shape index (κ3) is 5.12. The van der Waals surface area contributed by atoms with Crippen LogP contribution in [0.15, 0.2) is 60.7 Å². The van der Waals surface area contributed by atoms with Gasteiger partial charge in [-0.2, -0.15) is 4.73 Å². The standard InChI is InChI=1S/C27H23Cl2F2N3O3/c1-4-27(30,31)17-7-5-8-18(14-17)33-26(35)24-15(2)32-25(34(24)36)16-11-12-22(37-3)19(13-16)23-20(28)9-6-10-21(23)29/h5-14,36H,4H2,1-3H3,(H,33,35). The van der Waals surface area contributed by atoms with Crippen molar-refractivity contribution in [1.82, 2.24) is 9.71 Å². The number of rotatable bonds is 7. The molecule has 1 heterocycles. The average molecular weight is 546 g/mol. The fourth-order valence-electron chi connectivity index (χ4n) is 3.98. The fourth-order valence-corrected chi connectivity index (χ4v) is 4.58. The topological polar surface area (TPSA) is 76.4 Å². The van der Waals surface area contributed by atoms with Crippen LogP contribution in [0.5, 0.6) is 5.75 Å². The molecular weight excluding hydrogens is 523 g/mol. The number of aryl methyl sites for hydroxylation is 1. The molecule has 0 aliphatic heterocycles. The van der Waals surface area contributed by atoms with E-state index in [4.69, 9.17) is 27.9 Å². The van der Waals surface area contributed by atoms with Crippen molar-refractivity contribution in [3.05, 3.63) is 87.7 Å². The molecule has 6 nitrogen and oxygen atoms in total. The molecule has 192 valence electrons. The second-order valence-corrected chi connectivity index (χ2v) is 9.10. The molecule has 4 rings (SSSR count). The largest absolute Gasteiger partial charge is 0.496 e. The van der Waals surface area contributed by atoms with Crippen LogP contribution in [0.3, 0.4) is 0 Å². The van der Waals surface area contributed by atoms with Gasteiger partial charge in [0, 0.05) is 34.4 Å². The zero-order valence-electron chi connectivity index (χ0n) is 20.2. The Labute approximate surface area is 222 Å². The minimum Gasteiger partial charge on any atom is -0.496 e. The fraction of sp³-hybridized carbons (Fsp3) is 0.185. The van der Waals surface area contributed by atoms with Crippen molar-refractivity contribution >= 4 is 34.8 Å². The number of anilines is 1. The minimum absolute atomic E-state index is 0.0843. The summed E-state index contributed by atoms with van der Waals surface area (Å²) in [4.78, 5) is 17.4. The number of aromatic nitrogens is 2. The number of nitrogens with one attached hydrogen (secondary N) is 1. The van der Waals surface area contributed by atoms with Crippen molar-refractivity contribution in [1.29, 1.82) is 0 Å². The Bertz CT molecular complexity index is 1470. The highest BCUT2D eigenvalue weighted by Gasteiger charge is 2.29. The number of carbonyl (C=O) groups excluding carboxylic acids is 1. The number of benzene rings is 3. The molecule has 0 radical (unpaired) electrons. The number of hydrogen-bond donors (Lipinski definition) is 2. The maximum Gasteiger partial charge on any atom is 0.277 e. The van der Waals surface area contributed by atoms with Crippen molar-refractivity contribution in [2.45, 2.75) is 26.2 Å². The Kier molecular flexibility index (Phi) is 7.43. The van der Waals surface area contributed by atoms with Gasteiger partial charge in [0.1, 0.15) is 5.75 Å². The van der Waals surface area contributed by atoms with Gasteiger partial charge in [0.25, 0.3) is 11.8 Å². The smallest absolute Gasteiger partial charge is 0.277 e. The number of ether oxygens (including phenoxy) is 1. The van der Waals surface area contributed by atoms with Crippen molar-refractivity contribution < 1.29 is 23.5 Å². The van der Waals surface area contributed by atoms with Gasteiger partial charge in [-0.05, 0) is 49.4 Å². The number of imidazole rings is 1. The van der Waals surface area contributed by atoms with Crippen LogP contribution in [0.25, 0.3) is 22.5 Å². The summed E-state index contributed by atoms with van der Waals surface area (Å²) < 4.78 is 34.4.